The van der Waals surface area contributed by atoms with Gasteiger partial charge in [-0.05, 0) is 25.7 Å². The second-order valence-corrected chi connectivity index (χ2v) is 3.83. The van der Waals surface area contributed by atoms with Crippen LogP contribution in [0.3, 0.4) is 0 Å². The molecule has 1 aliphatic carbocycles. The molecule has 4 heteroatoms. The van der Waals surface area contributed by atoms with Crippen molar-refractivity contribution in [1.29, 1.82) is 0 Å². The summed E-state index contributed by atoms with van der Waals surface area (Å²) < 4.78 is 5.17. The molecule has 76 valence electrons. The lowest BCUT2D eigenvalue weighted by Gasteiger charge is -2.23. The van der Waals surface area contributed by atoms with Crippen LogP contribution < -0.4 is 0 Å². The zero-order chi connectivity index (χ0) is 10.1. The lowest BCUT2D eigenvalue weighted by molar-refractivity contribution is 0.0658. The molecule has 0 aromatic carbocycles. The van der Waals surface area contributed by atoms with Crippen LogP contribution in [0, 0.1) is 12.8 Å². The highest BCUT2D eigenvalue weighted by Gasteiger charge is 2.22. The fourth-order valence-electron chi connectivity index (χ4n) is 1.68. The lowest BCUT2D eigenvalue weighted by atomic mass is 9.83. The van der Waals surface area contributed by atoms with E-state index in [-0.39, 0.29) is 5.76 Å². The minimum atomic E-state index is -1.03. The molecule has 0 unspecified atom stereocenters. The third-order valence-corrected chi connectivity index (χ3v) is 2.72. The lowest BCUT2D eigenvalue weighted by Crippen LogP contribution is -2.13. The summed E-state index contributed by atoms with van der Waals surface area (Å²) in [5, 5.41) is 8.75. The third-order valence-electron chi connectivity index (χ3n) is 2.72. The maximum absolute atomic E-state index is 10.7. The third kappa shape index (κ3) is 1.64. The summed E-state index contributed by atoms with van der Waals surface area (Å²) in [6, 6.07) is 0. The molecule has 0 aliphatic heterocycles. The molecule has 1 N–H and O–H groups in total. The van der Waals surface area contributed by atoms with E-state index in [1.165, 1.54) is 19.3 Å². The summed E-state index contributed by atoms with van der Waals surface area (Å²) in [5.74, 6) is 0.175. The highest BCUT2D eigenvalue weighted by molar-refractivity contribution is 5.85. The SMILES string of the molecule is Cc1nc(CC2CCC2)oc1C(=O)O. The first-order valence-corrected chi connectivity index (χ1v) is 4.86. The Bertz CT molecular complexity index is 352. The molecular weight excluding hydrogens is 182 g/mol. The molecular formula is C10H13NO3. The van der Waals surface area contributed by atoms with E-state index < -0.39 is 5.97 Å². The largest absolute Gasteiger partial charge is 0.475 e. The van der Waals surface area contributed by atoms with Gasteiger partial charge in [0, 0.05) is 6.42 Å². The first kappa shape index (κ1) is 9.24. The van der Waals surface area contributed by atoms with Crippen LogP contribution >= 0.6 is 0 Å². The number of oxazole rings is 1. The molecule has 0 atom stereocenters. The van der Waals surface area contributed by atoms with Gasteiger partial charge < -0.3 is 9.52 Å². The van der Waals surface area contributed by atoms with Gasteiger partial charge >= 0.3 is 5.97 Å². The van der Waals surface area contributed by atoms with E-state index in [4.69, 9.17) is 9.52 Å². The van der Waals surface area contributed by atoms with Crippen LogP contribution in [0.5, 0.6) is 0 Å². The van der Waals surface area contributed by atoms with E-state index in [0.717, 1.165) is 6.42 Å². The number of aryl methyl sites for hydroxylation is 1. The van der Waals surface area contributed by atoms with Crippen molar-refractivity contribution in [3.8, 4) is 0 Å². The number of aromatic carboxylic acids is 1. The van der Waals surface area contributed by atoms with Crippen LogP contribution in [-0.2, 0) is 6.42 Å². The summed E-state index contributed by atoms with van der Waals surface area (Å²) in [6.07, 6.45) is 4.48. The molecule has 1 saturated carbocycles. The Hall–Kier alpha value is -1.32. The van der Waals surface area contributed by atoms with Crippen molar-refractivity contribution in [3.05, 3.63) is 17.3 Å². The van der Waals surface area contributed by atoms with Gasteiger partial charge in [0.2, 0.25) is 5.76 Å². The van der Waals surface area contributed by atoms with Crippen LogP contribution in [-0.4, -0.2) is 16.1 Å². The van der Waals surface area contributed by atoms with Crippen molar-refractivity contribution >= 4 is 5.97 Å². The number of rotatable bonds is 3. The summed E-state index contributed by atoms with van der Waals surface area (Å²) >= 11 is 0. The second kappa shape index (κ2) is 3.44. The van der Waals surface area contributed by atoms with Crippen molar-refractivity contribution in [2.24, 2.45) is 5.92 Å². The molecule has 0 radical (unpaired) electrons. The van der Waals surface area contributed by atoms with Crippen molar-refractivity contribution in [2.75, 3.05) is 0 Å². The van der Waals surface area contributed by atoms with Crippen LogP contribution in [0.2, 0.25) is 0 Å². The standard InChI is InChI=1S/C10H13NO3/c1-6-9(10(12)13)14-8(11-6)5-7-3-2-4-7/h7H,2-5H2,1H3,(H,12,13). The van der Waals surface area contributed by atoms with Crippen LogP contribution in [0.4, 0.5) is 0 Å². The van der Waals surface area contributed by atoms with E-state index in [2.05, 4.69) is 4.98 Å². The predicted molar refractivity (Wildman–Crippen MR) is 49.2 cm³/mol. The monoisotopic (exact) mass is 195 g/mol. The Kier molecular flexibility index (Phi) is 2.27. The molecule has 14 heavy (non-hydrogen) atoms. The van der Waals surface area contributed by atoms with Gasteiger partial charge in [0.1, 0.15) is 0 Å². The summed E-state index contributed by atoms with van der Waals surface area (Å²) in [7, 11) is 0. The second-order valence-electron chi connectivity index (χ2n) is 3.83. The fourth-order valence-corrected chi connectivity index (χ4v) is 1.68. The first-order chi connectivity index (χ1) is 6.66. The minimum Gasteiger partial charge on any atom is -0.475 e. The molecule has 0 spiro atoms. The zero-order valence-corrected chi connectivity index (χ0v) is 8.12. The smallest absolute Gasteiger partial charge is 0.373 e. The van der Waals surface area contributed by atoms with E-state index in [1.807, 2.05) is 0 Å². The average molecular weight is 195 g/mol. The number of carbonyl (C=O) groups is 1. The number of aromatic nitrogens is 1. The topological polar surface area (TPSA) is 63.3 Å². The molecule has 0 amide bonds. The van der Waals surface area contributed by atoms with E-state index >= 15 is 0 Å². The minimum absolute atomic E-state index is 0.0145. The van der Waals surface area contributed by atoms with Crippen LogP contribution in [0.1, 0.15) is 41.4 Å². The molecule has 1 aromatic heterocycles. The highest BCUT2D eigenvalue weighted by atomic mass is 16.4. The summed E-state index contributed by atoms with van der Waals surface area (Å²) in [5.41, 5.74) is 0.479. The Morgan fingerprint density at radius 1 is 1.64 bits per heavy atom. The molecule has 1 fully saturated rings. The van der Waals surface area contributed by atoms with Crippen LogP contribution in [0.25, 0.3) is 0 Å². The molecule has 0 bridgehead atoms. The predicted octanol–water partition coefficient (Wildman–Crippen LogP) is 2.02. The number of hydrogen-bond acceptors (Lipinski definition) is 3. The molecule has 0 saturated heterocycles. The Morgan fingerprint density at radius 3 is 2.79 bits per heavy atom. The highest BCUT2D eigenvalue weighted by Crippen LogP contribution is 2.29. The van der Waals surface area contributed by atoms with Crippen molar-refractivity contribution in [1.82, 2.24) is 4.98 Å². The Labute approximate surface area is 81.9 Å². The van der Waals surface area contributed by atoms with Gasteiger partial charge in [-0.2, -0.15) is 0 Å². The fraction of sp³-hybridized carbons (Fsp3) is 0.600. The van der Waals surface area contributed by atoms with Crippen molar-refractivity contribution in [3.63, 3.8) is 0 Å². The number of hydrogen-bond donors (Lipinski definition) is 1. The van der Waals surface area contributed by atoms with Gasteiger partial charge in [-0.15, -0.1) is 0 Å². The molecule has 4 nitrogen and oxygen atoms in total. The van der Waals surface area contributed by atoms with Gasteiger partial charge in [-0.1, -0.05) is 6.42 Å². The first-order valence-electron chi connectivity index (χ1n) is 4.86. The van der Waals surface area contributed by atoms with E-state index in [1.54, 1.807) is 6.92 Å². The van der Waals surface area contributed by atoms with Gasteiger partial charge in [-0.25, -0.2) is 9.78 Å². The van der Waals surface area contributed by atoms with Crippen molar-refractivity contribution in [2.45, 2.75) is 32.6 Å². The van der Waals surface area contributed by atoms with Gasteiger partial charge in [-0.3, -0.25) is 0 Å². The maximum Gasteiger partial charge on any atom is 0.373 e. The average Bonchev–Trinajstić information content (AvgIpc) is 2.39. The molecule has 1 heterocycles. The number of carboxylic acid groups (broad SMARTS) is 1. The molecule has 2 rings (SSSR count). The van der Waals surface area contributed by atoms with E-state index in [0.29, 0.717) is 17.5 Å². The number of carboxylic acids is 1. The maximum atomic E-state index is 10.7. The van der Waals surface area contributed by atoms with Crippen molar-refractivity contribution < 1.29 is 14.3 Å². The molecule has 1 aliphatic rings. The number of nitrogens with zero attached hydrogens (tertiary/aromatic N) is 1. The van der Waals surface area contributed by atoms with Gasteiger partial charge in [0.05, 0.1) is 5.69 Å². The Balaban J connectivity index is 2.10. The Morgan fingerprint density at radius 2 is 2.36 bits per heavy atom. The van der Waals surface area contributed by atoms with Crippen LogP contribution in [0.15, 0.2) is 4.42 Å². The van der Waals surface area contributed by atoms with E-state index in [9.17, 15) is 4.79 Å². The molecule has 1 aromatic rings. The van der Waals surface area contributed by atoms with Gasteiger partial charge in [0.15, 0.2) is 5.89 Å². The normalized spacial score (nSPS) is 16.6. The van der Waals surface area contributed by atoms with Gasteiger partial charge in [0.25, 0.3) is 0 Å². The quantitative estimate of drug-likeness (QED) is 0.801. The zero-order valence-electron chi connectivity index (χ0n) is 8.12. The summed E-state index contributed by atoms with van der Waals surface area (Å²) in [4.78, 5) is 14.8. The summed E-state index contributed by atoms with van der Waals surface area (Å²) in [6.45, 7) is 1.66.